The molecule has 5 aliphatic carbocycles. The molecular formula is C25H31NO. The Morgan fingerprint density at radius 2 is 2.00 bits per heavy atom. The average molecular weight is 362 g/mol. The number of ketones is 1. The Labute approximate surface area is 162 Å². The van der Waals surface area contributed by atoms with Crippen molar-refractivity contribution in [2.45, 2.75) is 65.2 Å². The van der Waals surface area contributed by atoms with E-state index in [0.717, 1.165) is 30.6 Å². The normalized spacial score (nSPS) is 50.1. The van der Waals surface area contributed by atoms with Crippen molar-refractivity contribution in [3.05, 3.63) is 36.2 Å². The van der Waals surface area contributed by atoms with E-state index in [4.69, 9.17) is 0 Å². The molecule has 4 saturated carbocycles. The van der Waals surface area contributed by atoms with Crippen molar-refractivity contribution in [2.75, 3.05) is 0 Å². The zero-order valence-corrected chi connectivity index (χ0v) is 16.7. The van der Waals surface area contributed by atoms with E-state index in [1.165, 1.54) is 44.1 Å². The molecule has 1 heterocycles. The van der Waals surface area contributed by atoms with Gasteiger partial charge >= 0.3 is 0 Å². The fourth-order valence-electron chi connectivity index (χ4n) is 8.72. The van der Waals surface area contributed by atoms with Crippen LogP contribution in [0.3, 0.4) is 0 Å². The molecule has 5 aliphatic rings. The van der Waals surface area contributed by atoms with Crippen molar-refractivity contribution < 1.29 is 4.79 Å². The minimum Gasteiger partial charge on any atom is -0.299 e. The fraction of sp³-hybridized carbons (Fsp3) is 0.680. The van der Waals surface area contributed by atoms with E-state index < -0.39 is 0 Å². The molecule has 0 saturated heterocycles. The number of aromatic nitrogens is 1. The maximum absolute atomic E-state index is 12.4. The number of allylic oxidation sites excluding steroid dienone is 2. The van der Waals surface area contributed by atoms with Gasteiger partial charge in [-0.05, 0) is 96.1 Å². The molecule has 2 heteroatoms. The van der Waals surface area contributed by atoms with Crippen LogP contribution < -0.4 is 0 Å². The van der Waals surface area contributed by atoms with Crippen molar-refractivity contribution >= 4 is 11.4 Å². The van der Waals surface area contributed by atoms with Gasteiger partial charge in [0.2, 0.25) is 0 Å². The van der Waals surface area contributed by atoms with E-state index in [9.17, 15) is 4.79 Å². The molecule has 0 aliphatic heterocycles. The Balaban J connectivity index is 1.34. The lowest BCUT2D eigenvalue weighted by Gasteiger charge is -2.60. The second-order valence-corrected chi connectivity index (χ2v) is 10.8. The second-order valence-electron chi connectivity index (χ2n) is 10.8. The molecule has 1 spiro atoms. The molecule has 27 heavy (non-hydrogen) atoms. The number of hydrogen-bond acceptors (Lipinski definition) is 2. The average Bonchev–Trinajstić information content (AvgIpc) is 3.33. The first kappa shape index (κ1) is 16.5. The number of nitrogens with zero attached hydrogens (tertiary/aromatic N) is 1. The minimum atomic E-state index is 0.318. The molecule has 0 N–H and O–H groups in total. The number of fused-ring (bicyclic) bond motifs is 4. The standard InChI is InChI=1S/C25H31NO/c1-23-10-8-20-17(19(23)6-5-18(23)16-4-3-13-26-15-16)7-12-25-14-21(25)22(27)9-11-24(20,25)2/h3-5,13,15,17,19-21H,6-12,14H2,1-2H3/t17-,19-,20-,21?,23+,24+,25?/m0/s1. The van der Waals surface area contributed by atoms with Gasteiger partial charge in [0.1, 0.15) is 5.78 Å². The molecule has 2 nitrogen and oxygen atoms in total. The third-order valence-electron chi connectivity index (χ3n) is 10.2. The Morgan fingerprint density at radius 1 is 1.11 bits per heavy atom. The third kappa shape index (κ3) is 1.88. The first-order valence-electron chi connectivity index (χ1n) is 11.1. The van der Waals surface area contributed by atoms with Crippen LogP contribution in [0.2, 0.25) is 0 Å². The van der Waals surface area contributed by atoms with Crippen LogP contribution in [0.5, 0.6) is 0 Å². The Bertz CT molecular complexity index is 843. The molecule has 7 atom stereocenters. The van der Waals surface area contributed by atoms with E-state index >= 15 is 0 Å². The van der Waals surface area contributed by atoms with Gasteiger partial charge in [-0.3, -0.25) is 9.78 Å². The monoisotopic (exact) mass is 361 g/mol. The van der Waals surface area contributed by atoms with Crippen LogP contribution in [0.25, 0.3) is 5.57 Å². The molecule has 6 rings (SSSR count). The predicted molar refractivity (Wildman–Crippen MR) is 107 cm³/mol. The van der Waals surface area contributed by atoms with E-state index in [-0.39, 0.29) is 0 Å². The first-order chi connectivity index (χ1) is 13.0. The highest BCUT2D eigenvalue weighted by Crippen LogP contribution is 2.79. The van der Waals surface area contributed by atoms with E-state index in [0.29, 0.717) is 27.9 Å². The largest absolute Gasteiger partial charge is 0.299 e. The summed E-state index contributed by atoms with van der Waals surface area (Å²) in [6, 6.07) is 4.33. The number of carbonyl (C=O) groups excluding carboxylic acids is 1. The zero-order chi connectivity index (χ0) is 18.4. The molecule has 0 amide bonds. The van der Waals surface area contributed by atoms with Crippen LogP contribution in [0.4, 0.5) is 0 Å². The molecule has 0 aromatic carbocycles. The Hall–Kier alpha value is -1.44. The molecule has 0 radical (unpaired) electrons. The summed E-state index contributed by atoms with van der Waals surface area (Å²) in [5.41, 5.74) is 4.04. The van der Waals surface area contributed by atoms with Crippen molar-refractivity contribution in [3.8, 4) is 0 Å². The van der Waals surface area contributed by atoms with Gasteiger partial charge in [0, 0.05) is 24.7 Å². The van der Waals surface area contributed by atoms with Crippen molar-refractivity contribution in [3.63, 3.8) is 0 Å². The number of carbonyl (C=O) groups is 1. The van der Waals surface area contributed by atoms with Gasteiger partial charge in [0.25, 0.3) is 0 Å². The van der Waals surface area contributed by atoms with Crippen LogP contribution in [-0.4, -0.2) is 10.8 Å². The van der Waals surface area contributed by atoms with Crippen molar-refractivity contribution in [1.82, 2.24) is 4.98 Å². The van der Waals surface area contributed by atoms with E-state index in [1.54, 1.807) is 5.57 Å². The quantitative estimate of drug-likeness (QED) is 0.643. The van der Waals surface area contributed by atoms with Gasteiger partial charge in [-0.25, -0.2) is 0 Å². The number of hydrogen-bond donors (Lipinski definition) is 0. The van der Waals surface area contributed by atoms with Crippen LogP contribution >= 0.6 is 0 Å². The first-order valence-corrected chi connectivity index (χ1v) is 11.1. The molecular weight excluding hydrogens is 330 g/mol. The summed E-state index contributed by atoms with van der Waals surface area (Å²) in [6.07, 6.45) is 16.3. The summed E-state index contributed by atoms with van der Waals surface area (Å²) in [7, 11) is 0. The summed E-state index contributed by atoms with van der Waals surface area (Å²) in [5.74, 6) is 3.49. The minimum absolute atomic E-state index is 0.318. The summed E-state index contributed by atoms with van der Waals surface area (Å²) in [5, 5.41) is 0. The molecule has 0 bridgehead atoms. The van der Waals surface area contributed by atoms with Gasteiger partial charge < -0.3 is 0 Å². The SMILES string of the molecule is C[C@]12CC[C@H]3[C@@H](CCC45CC4C(=O)CC[C@]35C)[C@@H]1CC=C2c1cccnc1. The molecule has 142 valence electrons. The van der Waals surface area contributed by atoms with Gasteiger partial charge in [-0.1, -0.05) is 26.0 Å². The van der Waals surface area contributed by atoms with Crippen LogP contribution in [-0.2, 0) is 4.79 Å². The zero-order valence-electron chi connectivity index (χ0n) is 16.7. The maximum Gasteiger partial charge on any atom is 0.136 e. The lowest BCUT2D eigenvalue weighted by molar-refractivity contribution is -0.139. The number of pyridine rings is 1. The topological polar surface area (TPSA) is 30.0 Å². The third-order valence-corrected chi connectivity index (χ3v) is 10.2. The Kier molecular flexibility index (Phi) is 3.14. The highest BCUT2D eigenvalue weighted by atomic mass is 16.1. The summed E-state index contributed by atoms with van der Waals surface area (Å²) >= 11 is 0. The molecule has 2 unspecified atom stereocenters. The highest BCUT2D eigenvalue weighted by Gasteiger charge is 2.73. The molecule has 1 aromatic rings. The smallest absolute Gasteiger partial charge is 0.136 e. The molecule has 4 fully saturated rings. The highest BCUT2D eigenvalue weighted by molar-refractivity contribution is 5.86. The van der Waals surface area contributed by atoms with Crippen molar-refractivity contribution in [2.24, 2.45) is 39.9 Å². The lowest BCUT2D eigenvalue weighted by atomic mass is 9.43. The predicted octanol–water partition coefficient (Wildman–Crippen LogP) is 5.69. The summed E-state index contributed by atoms with van der Waals surface area (Å²) < 4.78 is 0. The summed E-state index contributed by atoms with van der Waals surface area (Å²) in [4.78, 5) is 16.8. The van der Waals surface area contributed by atoms with Crippen LogP contribution in [0.15, 0.2) is 30.6 Å². The van der Waals surface area contributed by atoms with Gasteiger partial charge in [0.05, 0.1) is 0 Å². The summed E-state index contributed by atoms with van der Waals surface area (Å²) in [6.45, 7) is 5.13. The van der Waals surface area contributed by atoms with Gasteiger partial charge in [0.15, 0.2) is 0 Å². The van der Waals surface area contributed by atoms with E-state index in [1.807, 2.05) is 6.20 Å². The number of rotatable bonds is 1. The van der Waals surface area contributed by atoms with Crippen LogP contribution in [0.1, 0.15) is 70.8 Å². The van der Waals surface area contributed by atoms with Gasteiger partial charge in [-0.2, -0.15) is 0 Å². The second kappa shape index (κ2) is 5.13. The van der Waals surface area contributed by atoms with Gasteiger partial charge in [-0.15, -0.1) is 0 Å². The fourth-order valence-corrected chi connectivity index (χ4v) is 8.72. The Morgan fingerprint density at radius 3 is 2.81 bits per heavy atom. The lowest BCUT2D eigenvalue weighted by Crippen LogP contribution is -2.54. The van der Waals surface area contributed by atoms with Crippen LogP contribution in [0, 0.1) is 39.9 Å². The van der Waals surface area contributed by atoms with E-state index in [2.05, 4.69) is 43.2 Å². The maximum atomic E-state index is 12.4. The van der Waals surface area contributed by atoms with Crippen molar-refractivity contribution in [1.29, 1.82) is 0 Å². The number of Topliss-reactive ketones (excluding diaryl/α,β-unsaturated/α-hetero) is 1. The molecule has 1 aromatic heterocycles.